The van der Waals surface area contributed by atoms with E-state index >= 15 is 0 Å². The number of amides is 1. The minimum atomic E-state index is -5.07. The van der Waals surface area contributed by atoms with Gasteiger partial charge in [-0.05, 0) is 19.1 Å². The largest absolute Gasteiger partial charge is 0.324 e. The Morgan fingerprint density at radius 3 is 2.30 bits per heavy atom. The van der Waals surface area contributed by atoms with Crippen LogP contribution in [0.25, 0.3) is 0 Å². The summed E-state index contributed by atoms with van der Waals surface area (Å²) in [4.78, 5) is 44.9. The molecule has 0 fully saturated rings. The van der Waals surface area contributed by atoms with Crippen LogP contribution in [0.2, 0.25) is 0 Å². The van der Waals surface area contributed by atoms with Crippen LogP contribution in [0.5, 0.6) is 0 Å². The minimum Gasteiger partial charge on any atom is -0.324 e. The van der Waals surface area contributed by atoms with E-state index in [2.05, 4.69) is 15.8 Å². The zero-order chi connectivity index (χ0) is 21.8. The normalized spacial score (nSPS) is 15.9. The number of benzene rings is 1. The van der Waals surface area contributed by atoms with Crippen LogP contribution in [0, 0.1) is 10.1 Å². The van der Waals surface area contributed by atoms with E-state index in [0.29, 0.717) is 17.8 Å². The fourth-order valence-corrected chi connectivity index (χ4v) is 2.77. The number of nitro groups is 1. The van der Waals surface area contributed by atoms with E-state index < -0.39 is 54.9 Å². The molecule has 30 heavy (non-hydrogen) atoms. The molecule has 1 atom stereocenters. The number of ketones is 2. The molecule has 3 N–H and O–H groups in total. The zero-order valence-electron chi connectivity index (χ0n) is 15.1. The van der Waals surface area contributed by atoms with E-state index in [4.69, 9.17) is 4.55 Å². The van der Waals surface area contributed by atoms with Crippen molar-refractivity contribution in [2.24, 2.45) is 5.10 Å². The second-order valence-electron chi connectivity index (χ2n) is 5.66. The van der Waals surface area contributed by atoms with E-state index in [9.17, 15) is 32.9 Å². The van der Waals surface area contributed by atoms with Crippen LogP contribution < -0.4 is 10.7 Å². The van der Waals surface area contributed by atoms with Crippen LogP contribution in [0.1, 0.15) is 6.92 Å². The van der Waals surface area contributed by atoms with Gasteiger partial charge >= 0.3 is 0 Å². The summed E-state index contributed by atoms with van der Waals surface area (Å²) in [6.07, 6.45) is 1.01. The molecule has 2 rings (SSSR count). The fraction of sp³-hybridized carbons (Fsp3) is 0.125. The van der Waals surface area contributed by atoms with Gasteiger partial charge in [0.2, 0.25) is 5.78 Å². The van der Waals surface area contributed by atoms with E-state index in [-0.39, 0.29) is 17.4 Å². The summed E-state index contributed by atoms with van der Waals surface area (Å²) in [5.74, 6) is -2.88. The van der Waals surface area contributed by atoms with Crippen LogP contribution in [0.4, 0.5) is 5.69 Å². The average molecular weight is 474 g/mol. The maximum atomic E-state index is 12.3. The number of carbonyl (C=O) groups is 3. The number of nitrogens with one attached hydrogen (secondary N) is 2. The van der Waals surface area contributed by atoms with Crippen molar-refractivity contribution in [1.29, 1.82) is 0 Å². The first-order chi connectivity index (χ1) is 13.5. The molecule has 1 unspecified atom stereocenters. The first-order valence-corrected chi connectivity index (χ1v) is 9.24. The average Bonchev–Trinajstić information content (AvgIpc) is 2.62. The summed E-state index contributed by atoms with van der Waals surface area (Å²) >= 11 is 0. The maximum absolute atomic E-state index is 12.3. The Bertz CT molecular complexity index is 1080. The molecule has 1 amide bonds. The number of para-hydroxylation sites is 1. The van der Waals surface area contributed by atoms with Crippen LogP contribution in [-0.2, 0) is 41.9 Å². The van der Waals surface area contributed by atoms with Gasteiger partial charge in [0.15, 0.2) is 16.7 Å². The predicted octanol–water partition coefficient (Wildman–Crippen LogP) is 0.0408. The number of hydrogen-bond acceptors (Lipinski definition) is 9. The first-order valence-electron chi connectivity index (χ1n) is 7.80. The van der Waals surface area contributed by atoms with Gasteiger partial charge in [0.1, 0.15) is 5.71 Å². The summed E-state index contributed by atoms with van der Waals surface area (Å²) < 4.78 is 31.7. The van der Waals surface area contributed by atoms with Crippen molar-refractivity contribution < 1.29 is 49.6 Å². The standard InChI is InChI=1S/C16H14N4O8S.Cr/c1-9(21)14(16(23)17-10-5-3-2-4-6-10)19-18-12-7-11(20(24)25)8-13(15(12)22)29(26,27)28;/h2-8,14,19H,1H3,(H,17,23)(H,26,27,28);/b18-12+;. The number of anilines is 1. The van der Waals surface area contributed by atoms with Gasteiger partial charge in [-0.2, -0.15) is 13.5 Å². The SMILES string of the molecule is CC(=O)C(N/N=C1\C=C([N+](=O)[O-])C=C(S(=O)(=O)O)C1=O)C(=O)Nc1ccccc1.[Cr]. The smallest absolute Gasteiger partial charge is 0.298 e. The van der Waals surface area contributed by atoms with Gasteiger partial charge in [-0.15, -0.1) is 0 Å². The number of carbonyl (C=O) groups excluding carboxylic acids is 3. The monoisotopic (exact) mass is 474 g/mol. The Labute approximate surface area is 180 Å². The van der Waals surface area contributed by atoms with Crippen molar-refractivity contribution >= 4 is 39.0 Å². The molecule has 14 heteroatoms. The van der Waals surface area contributed by atoms with Crippen molar-refractivity contribution in [3.05, 3.63) is 63.2 Å². The third kappa shape index (κ3) is 6.16. The number of rotatable bonds is 7. The molecule has 0 heterocycles. The summed E-state index contributed by atoms with van der Waals surface area (Å²) in [6.45, 7) is 1.06. The molecule has 1 aromatic rings. The number of Topliss-reactive ketones (excluding diaryl/α,β-unsaturated/α-hetero) is 2. The number of hydrogen-bond donors (Lipinski definition) is 3. The third-order valence-corrected chi connectivity index (χ3v) is 4.39. The van der Waals surface area contributed by atoms with Crippen molar-refractivity contribution in [2.45, 2.75) is 13.0 Å². The molecule has 0 bridgehead atoms. The molecule has 0 saturated heterocycles. The number of hydrazone groups is 1. The molecule has 1 aliphatic rings. The number of allylic oxidation sites excluding steroid dienone is 3. The second-order valence-corrected chi connectivity index (χ2v) is 7.05. The summed E-state index contributed by atoms with van der Waals surface area (Å²) in [6, 6.07) is 6.51. The van der Waals surface area contributed by atoms with E-state index in [1.807, 2.05) is 0 Å². The second kappa shape index (κ2) is 10.0. The van der Waals surface area contributed by atoms with Crippen molar-refractivity contribution in [2.75, 3.05) is 5.32 Å². The molecule has 0 aliphatic heterocycles. The van der Waals surface area contributed by atoms with Gasteiger partial charge in [-0.1, -0.05) is 18.2 Å². The Morgan fingerprint density at radius 2 is 1.80 bits per heavy atom. The van der Waals surface area contributed by atoms with Gasteiger partial charge in [-0.25, -0.2) is 0 Å². The van der Waals surface area contributed by atoms with Crippen LogP contribution in [0.15, 0.2) is 58.2 Å². The van der Waals surface area contributed by atoms with Gasteiger partial charge in [0.05, 0.1) is 4.92 Å². The van der Waals surface area contributed by atoms with Crippen molar-refractivity contribution in [1.82, 2.24) is 5.43 Å². The van der Waals surface area contributed by atoms with Crippen LogP contribution in [0.3, 0.4) is 0 Å². The van der Waals surface area contributed by atoms with Gasteiger partial charge in [0.25, 0.3) is 21.7 Å². The Hall–Kier alpha value is -3.18. The molecule has 0 radical (unpaired) electrons. The van der Waals surface area contributed by atoms with Gasteiger partial charge < -0.3 is 5.32 Å². The Morgan fingerprint density at radius 1 is 1.20 bits per heavy atom. The quantitative estimate of drug-likeness (QED) is 0.161. The van der Waals surface area contributed by atoms with E-state index in [0.717, 1.165) is 6.92 Å². The summed E-state index contributed by atoms with van der Waals surface area (Å²) in [7, 11) is -5.07. The third-order valence-electron chi connectivity index (χ3n) is 3.53. The molecule has 1 aromatic carbocycles. The van der Waals surface area contributed by atoms with Gasteiger partial charge in [0, 0.05) is 35.2 Å². The fourth-order valence-electron chi connectivity index (χ4n) is 2.16. The van der Waals surface area contributed by atoms with Crippen LogP contribution >= 0.6 is 0 Å². The molecule has 0 spiro atoms. The van der Waals surface area contributed by atoms with E-state index in [1.165, 1.54) is 0 Å². The molecule has 0 aromatic heterocycles. The van der Waals surface area contributed by atoms with Crippen molar-refractivity contribution in [3.63, 3.8) is 0 Å². The Balaban J connectivity index is 0.00000450. The Kier molecular flexibility index (Phi) is 8.31. The minimum absolute atomic E-state index is 0. The van der Waals surface area contributed by atoms with E-state index in [1.54, 1.807) is 30.3 Å². The molecule has 1 aliphatic carbocycles. The molecule has 12 nitrogen and oxygen atoms in total. The first kappa shape index (κ1) is 24.9. The maximum Gasteiger partial charge on any atom is 0.298 e. The van der Waals surface area contributed by atoms with Crippen molar-refractivity contribution in [3.8, 4) is 0 Å². The van der Waals surface area contributed by atoms with Gasteiger partial charge in [-0.3, -0.25) is 34.5 Å². The number of nitrogens with zero attached hydrogens (tertiary/aromatic N) is 2. The predicted molar refractivity (Wildman–Crippen MR) is 99.8 cm³/mol. The molecular formula is C16H14CrN4O8S. The molecule has 0 saturated carbocycles. The molecule has 158 valence electrons. The summed E-state index contributed by atoms with van der Waals surface area (Å²) in [5.41, 5.74) is 0.851. The van der Waals surface area contributed by atoms with Crippen LogP contribution in [-0.4, -0.2) is 47.1 Å². The summed E-state index contributed by atoms with van der Waals surface area (Å²) in [5, 5.41) is 16.9. The zero-order valence-corrected chi connectivity index (χ0v) is 17.2. The molecular weight excluding hydrogens is 460 g/mol. The topological polar surface area (TPSA) is 185 Å².